The molecule has 0 spiro atoms. The predicted octanol–water partition coefficient (Wildman–Crippen LogP) is 2.43. The van der Waals surface area contributed by atoms with Crippen LogP contribution in [-0.2, 0) is 6.54 Å². The van der Waals surface area contributed by atoms with Gasteiger partial charge in [0.2, 0.25) is 0 Å². The fourth-order valence-corrected chi connectivity index (χ4v) is 2.41. The molecular weight excluding hydrogens is 386 g/mol. The van der Waals surface area contributed by atoms with Crippen molar-refractivity contribution in [2.75, 3.05) is 0 Å². The molecule has 1 aromatic heterocycles. The number of hydrogen-bond acceptors (Lipinski definition) is 6. The van der Waals surface area contributed by atoms with E-state index in [4.69, 9.17) is 11.6 Å². The maximum absolute atomic E-state index is 13.4. The number of nitrogens with one attached hydrogen (secondary N) is 1. The zero-order chi connectivity index (χ0) is 19.6. The number of nitro benzene ring substituents is 1. The van der Waals surface area contributed by atoms with E-state index in [-0.39, 0.29) is 28.6 Å². The van der Waals surface area contributed by atoms with E-state index >= 15 is 0 Å². The fraction of sp³-hybridized carbons (Fsp3) is 0.0667. The number of rotatable bonds is 5. The SMILES string of the molecule is O=C(NCc1nnnn1-c1ccc(F)c(F)c1)c1cc(Cl)ccc1[N+](=O)[O-]. The summed E-state index contributed by atoms with van der Waals surface area (Å²) in [4.78, 5) is 22.6. The summed E-state index contributed by atoms with van der Waals surface area (Å²) in [6.45, 7) is -0.228. The first kappa shape index (κ1) is 18.3. The molecule has 27 heavy (non-hydrogen) atoms. The van der Waals surface area contributed by atoms with Crippen molar-refractivity contribution in [3.05, 3.63) is 74.6 Å². The minimum atomic E-state index is -1.09. The van der Waals surface area contributed by atoms with E-state index in [1.54, 1.807) is 0 Å². The second-order valence-electron chi connectivity index (χ2n) is 5.21. The number of tetrazole rings is 1. The molecule has 0 aliphatic heterocycles. The Kier molecular flexibility index (Phi) is 5.03. The van der Waals surface area contributed by atoms with Crippen LogP contribution < -0.4 is 5.32 Å². The summed E-state index contributed by atoms with van der Waals surface area (Å²) in [7, 11) is 0. The number of carbonyl (C=O) groups excluding carboxylic acids is 1. The van der Waals surface area contributed by atoms with Crippen LogP contribution in [0.3, 0.4) is 0 Å². The standard InChI is InChI=1S/C15H9ClF2N6O3/c16-8-1-4-13(24(26)27)10(5-8)15(25)19-7-14-20-21-22-23(14)9-2-3-11(17)12(18)6-9/h1-6H,7H2,(H,19,25). The first-order valence-electron chi connectivity index (χ1n) is 7.31. The molecule has 0 fully saturated rings. The van der Waals surface area contributed by atoms with Gasteiger partial charge in [0.15, 0.2) is 17.5 Å². The molecule has 1 N–H and O–H groups in total. The van der Waals surface area contributed by atoms with Gasteiger partial charge in [-0.1, -0.05) is 11.6 Å². The van der Waals surface area contributed by atoms with E-state index in [2.05, 4.69) is 20.8 Å². The van der Waals surface area contributed by atoms with Gasteiger partial charge in [-0.15, -0.1) is 5.10 Å². The van der Waals surface area contributed by atoms with Gasteiger partial charge in [0.1, 0.15) is 5.56 Å². The zero-order valence-corrected chi connectivity index (χ0v) is 14.0. The van der Waals surface area contributed by atoms with Crippen molar-refractivity contribution in [1.29, 1.82) is 0 Å². The van der Waals surface area contributed by atoms with Crippen LogP contribution in [0.4, 0.5) is 14.5 Å². The van der Waals surface area contributed by atoms with Gasteiger partial charge in [-0.2, -0.15) is 4.68 Å². The minimum absolute atomic E-state index is 0.0963. The quantitative estimate of drug-likeness (QED) is 0.525. The maximum atomic E-state index is 13.4. The van der Waals surface area contributed by atoms with Gasteiger partial charge >= 0.3 is 0 Å². The van der Waals surface area contributed by atoms with Crippen LogP contribution in [0.2, 0.25) is 5.02 Å². The second-order valence-corrected chi connectivity index (χ2v) is 5.64. The summed E-state index contributed by atoms with van der Waals surface area (Å²) in [5, 5.41) is 24.4. The highest BCUT2D eigenvalue weighted by Crippen LogP contribution is 2.22. The first-order chi connectivity index (χ1) is 12.9. The largest absolute Gasteiger partial charge is 0.344 e. The summed E-state index contributed by atoms with van der Waals surface area (Å²) in [5.41, 5.74) is -0.520. The summed E-state index contributed by atoms with van der Waals surface area (Å²) in [5.74, 6) is -2.80. The molecule has 0 aliphatic carbocycles. The Morgan fingerprint density at radius 1 is 1.22 bits per heavy atom. The van der Waals surface area contributed by atoms with Crippen LogP contribution in [0.25, 0.3) is 5.69 Å². The highest BCUT2D eigenvalue weighted by Gasteiger charge is 2.21. The van der Waals surface area contributed by atoms with E-state index in [9.17, 15) is 23.7 Å². The zero-order valence-electron chi connectivity index (χ0n) is 13.3. The van der Waals surface area contributed by atoms with Gasteiger partial charge in [-0.05, 0) is 34.7 Å². The molecule has 138 valence electrons. The summed E-state index contributed by atoms with van der Waals surface area (Å²) in [6, 6.07) is 6.61. The molecule has 2 aromatic carbocycles. The molecule has 0 aliphatic rings. The maximum Gasteiger partial charge on any atom is 0.282 e. The number of benzene rings is 2. The van der Waals surface area contributed by atoms with E-state index in [0.29, 0.717) is 0 Å². The van der Waals surface area contributed by atoms with Crippen molar-refractivity contribution in [2.24, 2.45) is 0 Å². The monoisotopic (exact) mass is 394 g/mol. The van der Waals surface area contributed by atoms with Crippen molar-refractivity contribution in [2.45, 2.75) is 6.54 Å². The average Bonchev–Trinajstić information content (AvgIpc) is 3.10. The number of halogens is 3. The Labute approximate surface area is 154 Å². The third kappa shape index (κ3) is 3.87. The Bertz CT molecular complexity index is 1040. The van der Waals surface area contributed by atoms with E-state index in [0.717, 1.165) is 28.9 Å². The lowest BCUT2D eigenvalue weighted by Gasteiger charge is -2.07. The first-order valence-corrected chi connectivity index (χ1v) is 7.69. The molecule has 1 heterocycles. The summed E-state index contributed by atoms with van der Waals surface area (Å²) < 4.78 is 27.5. The topological polar surface area (TPSA) is 116 Å². The van der Waals surface area contributed by atoms with Gasteiger partial charge in [-0.3, -0.25) is 14.9 Å². The van der Waals surface area contributed by atoms with Gasteiger partial charge < -0.3 is 5.32 Å². The number of amides is 1. The van der Waals surface area contributed by atoms with Crippen LogP contribution >= 0.6 is 11.6 Å². The lowest BCUT2D eigenvalue weighted by Crippen LogP contribution is -2.25. The lowest BCUT2D eigenvalue weighted by atomic mass is 10.1. The third-order valence-electron chi connectivity index (χ3n) is 3.49. The molecule has 0 saturated carbocycles. The number of hydrogen-bond donors (Lipinski definition) is 1. The number of aromatic nitrogens is 4. The molecule has 0 unspecified atom stereocenters. The van der Waals surface area contributed by atoms with E-state index in [1.165, 1.54) is 12.1 Å². The minimum Gasteiger partial charge on any atom is -0.344 e. The molecular formula is C15H9ClF2N6O3. The second kappa shape index (κ2) is 7.41. The molecule has 3 rings (SSSR count). The number of carbonyl (C=O) groups is 1. The average molecular weight is 395 g/mol. The van der Waals surface area contributed by atoms with Gasteiger partial charge in [0, 0.05) is 17.2 Å². The van der Waals surface area contributed by atoms with Gasteiger partial charge in [0.25, 0.3) is 11.6 Å². The Balaban J connectivity index is 1.82. The molecule has 12 heteroatoms. The van der Waals surface area contributed by atoms with Crippen molar-refractivity contribution >= 4 is 23.2 Å². The molecule has 1 amide bonds. The van der Waals surface area contributed by atoms with Crippen LogP contribution in [0.5, 0.6) is 0 Å². The molecule has 0 bridgehead atoms. The molecule has 0 saturated heterocycles. The molecule has 9 nitrogen and oxygen atoms in total. The van der Waals surface area contributed by atoms with E-state index in [1.807, 2.05) is 0 Å². The Morgan fingerprint density at radius 3 is 2.70 bits per heavy atom. The van der Waals surface area contributed by atoms with Crippen LogP contribution in [0.15, 0.2) is 36.4 Å². The third-order valence-corrected chi connectivity index (χ3v) is 3.72. The molecule has 0 atom stereocenters. The lowest BCUT2D eigenvalue weighted by molar-refractivity contribution is -0.385. The summed E-state index contributed by atoms with van der Waals surface area (Å²) >= 11 is 5.79. The van der Waals surface area contributed by atoms with Crippen molar-refractivity contribution < 1.29 is 18.5 Å². The summed E-state index contributed by atoms with van der Waals surface area (Å²) in [6.07, 6.45) is 0. The Morgan fingerprint density at radius 2 is 2.00 bits per heavy atom. The van der Waals surface area contributed by atoms with Crippen molar-refractivity contribution in [3.63, 3.8) is 0 Å². The van der Waals surface area contributed by atoms with Gasteiger partial charge in [0.05, 0.1) is 17.2 Å². The molecule has 0 radical (unpaired) electrons. The normalized spacial score (nSPS) is 10.6. The van der Waals surface area contributed by atoms with E-state index < -0.39 is 28.2 Å². The van der Waals surface area contributed by atoms with Gasteiger partial charge in [-0.25, -0.2) is 8.78 Å². The highest BCUT2D eigenvalue weighted by molar-refractivity contribution is 6.31. The Hall–Kier alpha value is -3.47. The van der Waals surface area contributed by atoms with Crippen LogP contribution in [0.1, 0.15) is 16.2 Å². The smallest absolute Gasteiger partial charge is 0.282 e. The fourth-order valence-electron chi connectivity index (χ4n) is 2.24. The highest BCUT2D eigenvalue weighted by atomic mass is 35.5. The van der Waals surface area contributed by atoms with Crippen molar-refractivity contribution in [1.82, 2.24) is 25.5 Å². The molecule has 3 aromatic rings. The van der Waals surface area contributed by atoms with Crippen molar-refractivity contribution in [3.8, 4) is 5.69 Å². The van der Waals surface area contributed by atoms with Crippen LogP contribution in [0, 0.1) is 21.7 Å². The number of nitro groups is 1. The van der Waals surface area contributed by atoms with Crippen LogP contribution in [-0.4, -0.2) is 31.0 Å². The number of nitrogens with zero attached hydrogens (tertiary/aromatic N) is 5. The predicted molar refractivity (Wildman–Crippen MR) is 88.3 cm³/mol.